The maximum absolute atomic E-state index is 12.4. The third-order valence-electron chi connectivity index (χ3n) is 3.51. The van der Waals surface area contributed by atoms with Crippen LogP contribution in [0.15, 0.2) is 23.2 Å². The van der Waals surface area contributed by atoms with Crippen molar-refractivity contribution in [3.8, 4) is 0 Å². The van der Waals surface area contributed by atoms with Crippen LogP contribution in [-0.4, -0.2) is 19.4 Å². The van der Waals surface area contributed by atoms with Gasteiger partial charge in [0.15, 0.2) is 0 Å². The SMILES string of the molecule is NCc1ncccc1S(=O)(=O)NC1CCCCCC1. The Labute approximate surface area is 114 Å². The molecule has 19 heavy (non-hydrogen) atoms. The molecule has 1 heterocycles. The predicted molar refractivity (Wildman–Crippen MR) is 73.9 cm³/mol. The molecule has 0 saturated heterocycles. The van der Waals surface area contributed by atoms with E-state index < -0.39 is 10.0 Å². The van der Waals surface area contributed by atoms with Crippen molar-refractivity contribution in [2.24, 2.45) is 5.73 Å². The fourth-order valence-electron chi connectivity index (χ4n) is 2.50. The maximum Gasteiger partial charge on any atom is 0.242 e. The summed E-state index contributed by atoms with van der Waals surface area (Å²) in [5, 5.41) is 0. The van der Waals surface area contributed by atoms with Crippen molar-refractivity contribution >= 4 is 10.0 Å². The molecule has 1 aliphatic rings. The minimum absolute atomic E-state index is 0.0401. The van der Waals surface area contributed by atoms with Crippen LogP contribution in [0, 0.1) is 0 Å². The van der Waals surface area contributed by atoms with Gasteiger partial charge in [-0.3, -0.25) is 4.98 Å². The number of aromatic nitrogens is 1. The zero-order valence-corrected chi connectivity index (χ0v) is 11.8. The van der Waals surface area contributed by atoms with Crippen molar-refractivity contribution in [3.63, 3.8) is 0 Å². The summed E-state index contributed by atoms with van der Waals surface area (Å²) in [5.41, 5.74) is 5.97. The summed E-state index contributed by atoms with van der Waals surface area (Å²) >= 11 is 0. The second-order valence-electron chi connectivity index (χ2n) is 4.96. The molecule has 1 saturated carbocycles. The third kappa shape index (κ3) is 3.75. The molecule has 6 heteroatoms. The molecule has 1 aromatic rings. The van der Waals surface area contributed by atoms with Crippen LogP contribution in [0.25, 0.3) is 0 Å². The first kappa shape index (κ1) is 14.4. The lowest BCUT2D eigenvalue weighted by molar-refractivity contribution is 0.509. The molecule has 106 valence electrons. The first-order valence-electron chi connectivity index (χ1n) is 6.80. The Kier molecular flexibility index (Phi) is 4.90. The molecule has 1 aromatic heterocycles. The van der Waals surface area contributed by atoms with E-state index in [1.807, 2.05) is 0 Å². The van der Waals surface area contributed by atoms with Crippen molar-refractivity contribution in [1.82, 2.24) is 9.71 Å². The van der Waals surface area contributed by atoms with E-state index >= 15 is 0 Å². The highest BCUT2D eigenvalue weighted by atomic mass is 32.2. The lowest BCUT2D eigenvalue weighted by Gasteiger charge is -2.17. The van der Waals surface area contributed by atoms with E-state index in [2.05, 4.69) is 9.71 Å². The van der Waals surface area contributed by atoms with Crippen LogP contribution in [0.5, 0.6) is 0 Å². The summed E-state index contributed by atoms with van der Waals surface area (Å²) in [6.07, 6.45) is 7.95. The number of nitrogens with zero attached hydrogens (tertiary/aromatic N) is 1. The third-order valence-corrected chi connectivity index (χ3v) is 5.10. The minimum atomic E-state index is -3.51. The van der Waals surface area contributed by atoms with Crippen molar-refractivity contribution in [2.75, 3.05) is 0 Å². The van der Waals surface area contributed by atoms with Gasteiger partial charge in [-0.05, 0) is 25.0 Å². The largest absolute Gasteiger partial charge is 0.325 e. The van der Waals surface area contributed by atoms with Crippen LogP contribution in [0.3, 0.4) is 0 Å². The number of rotatable bonds is 4. The molecule has 1 fully saturated rings. The van der Waals surface area contributed by atoms with Gasteiger partial charge in [-0.1, -0.05) is 25.7 Å². The number of nitrogens with one attached hydrogen (secondary N) is 1. The summed E-state index contributed by atoms with van der Waals surface area (Å²) in [6, 6.07) is 3.23. The van der Waals surface area contributed by atoms with Gasteiger partial charge in [0.1, 0.15) is 4.90 Å². The van der Waals surface area contributed by atoms with E-state index in [-0.39, 0.29) is 17.5 Å². The van der Waals surface area contributed by atoms with Gasteiger partial charge in [-0.25, -0.2) is 13.1 Å². The van der Waals surface area contributed by atoms with E-state index in [1.165, 1.54) is 12.8 Å². The highest BCUT2D eigenvalue weighted by molar-refractivity contribution is 7.89. The molecular formula is C13H21N3O2S. The molecule has 0 aliphatic heterocycles. The van der Waals surface area contributed by atoms with Gasteiger partial charge in [0.05, 0.1) is 5.69 Å². The Bertz CT molecular complexity index is 508. The van der Waals surface area contributed by atoms with E-state index in [9.17, 15) is 8.42 Å². The summed E-state index contributed by atoms with van der Waals surface area (Å²) < 4.78 is 27.6. The standard InChI is InChI=1S/C13H21N3O2S/c14-10-12-13(8-5-9-15-12)19(17,18)16-11-6-3-1-2-4-7-11/h5,8-9,11,16H,1-4,6-7,10,14H2. The molecular weight excluding hydrogens is 262 g/mol. The number of sulfonamides is 1. The van der Waals surface area contributed by atoms with Crippen LogP contribution < -0.4 is 10.5 Å². The van der Waals surface area contributed by atoms with Crippen molar-refractivity contribution in [3.05, 3.63) is 24.0 Å². The van der Waals surface area contributed by atoms with E-state index in [0.717, 1.165) is 25.7 Å². The highest BCUT2D eigenvalue weighted by Gasteiger charge is 2.23. The number of hydrogen-bond donors (Lipinski definition) is 2. The highest BCUT2D eigenvalue weighted by Crippen LogP contribution is 2.20. The van der Waals surface area contributed by atoms with Gasteiger partial charge in [-0.2, -0.15) is 0 Å². The molecule has 0 aromatic carbocycles. The molecule has 5 nitrogen and oxygen atoms in total. The normalized spacial score (nSPS) is 18.2. The summed E-state index contributed by atoms with van der Waals surface area (Å²) in [5.74, 6) is 0. The Balaban J connectivity index is 2.17. The van der Waals surface area contributed by atoms with Gasteiger partial charge in [0.2, 0.25) is 10.0 Å². The molecule has 0 amide bonds. The van der Waals surface area contributed by atoms with Crippen molar-refractivity contribution in [2.45, 2.75) is 56.0 Å². The van der Waals surface area contributed by atoms with Gasteiger partial charge >= 0.3 is 0 Å². The fraction of sp³-hybridized carbons (Fsp3) is 0.615. The minimum Gasteiger partial charge on any atom is -0.325 e. The first-order chi connectivity index (χ1) is 9.13. The zero-order chi connectivity index (χ0) is 13.7. The second kappa shape index (κ2) is 6.45. The lowest BCUT2D eigenvalue weighted by Crippen LogP contribution is -2.35. The smallest absolute Gasteiger partial charge is 0.242 e. The molecule has 0 bridgehead atoms. The molecule has 0 atom stereocenters. The van der Waals surface area contributed by atoms with Crippen molar-refractivity contribution in [1.29, 1.82) is 0 Å². The molecule has 2 rings (SSSR count). The number of pyridine rings is 1. The number of hydrogen-bond acceptors (Lipinski definition) is 4. The Morgan fingerprint density at radius 3 is 2.58 bits per heavy atom. The van der Waals surface area contributed by atoms with Crippen LogP contribution in [0.1, 0.15) is 44.2 Å². The number of nitrogens with two attached hydrogens (primary N) is 1. The molecule has 1 aliphatic carbocycles. The Morgan fingerprint density at radius 2 is 1.95 bits per heavy atom. The average molecular weight is 283 g/mol. The van der Waals surface area contributed by atoms with Gasteiger partial charge < -0.3 is 5.73 Å². The van der Waals surface area contributed by atoms with E-state index in [0.29, 0.717) is 5.69 Å². The quantitative estimate of drug-likeness (QED) is 0.821. The first-order valence-corrected chi connectivity index (χ1v) is 8.28. The fourth-order valence-corrected chi connectivity index (χ4v) is 4.01. The van der Waals surface area contributed by atoms with Crippen LogP contribution in [0.4, 0.5) is 0 Å². The van der Waals surface area contributed by atoms with Crippen LogP contribution >= 0.6 is 0 Å². The topological polar surface area (TPSA) is 85.1 Å². The monoisotopic (exact) mass is 283 g/mol. The van der Waals surface area contributed by atoms with Gasteiger partial charge in [0, 0.05) is 18.8 Å². The van der Waals surface area contributed by atoms with E-state index in [4.69, 9.17) is 5.73 Å². The Morgan fingerprint density at radius 1 is 1.26 bits per heavy atom. The average Bonchev–Trinajstić information content (AvgIpc) is 2.67. The lowest BCUT2D eigenvalue weighted by atomic mass is 10.1. The summed E-state index contributed by atoms with van der Waals surface area (Å²) in [7, 11) is -3.51. The predicted octanol–water partition coefficient (Wildman–Crippen LogP) is 1.54. The van der Waals surface area contributed by atoms with Crippen LogP contribution in [-0.2, 0) is 16.6 Å². The van der Waals surface area contributed by atoms with Crippen molar-refractivity contribution < 1.29 is 8.42 Å². The Hall–Kier alpha value is -0.980. The van der Waals surface area contributed by atoms with E-state index in [1.54, 1.807) is 18.3 Å². The second-order valence-corrected chi connectivity index (χ2v) is 6.64. The van der Waals surface area contributed by atoms with Gasteiger partial charge in [-0.15, -0.1) is 0 Å². The zero-order valence-electron chi connectivity index (χ0n) is 11.0. The molecule has 3 N–H and O–H groups in total. The molecule has 0 spiro atoms. The summed E-state index contributed by atoms with van der Waals surface area (Å²) in [4.78, 5) is 4.24. The maximum atomic E-state index is 12.4. The van der Waals surface area contributed by atoms with Crippen LogP contribution in [0.2, 0.25) is 0 Å². The van der Waals surface area contributed by atoms with Gasteiger partial charge in [0.25, 0.3) is 0 Å². The summed E-state index contributed by atoms with van der Waals surface area (Å²) in [6.45, 7) is 0.127. The molecule has 0 unspecified atom stereocenters. The molecule has 0 radical (unpaired) electrons.